The van der Waals surface area contributed by atoms with Crippen LogP contribution in [-0.4, -0.2) is 22.0 Å². The molecule has 0 saturated heterocycles. The van der Waals surface area contributed by atoms with Gasteiger partial charge in [0, 0.05) is 17.1 Å². The molecule has 16 heavy (non-hydrogen) atoms. The topological polar surface area (TPSA) is 79.3 Å². The summed E-state index contributed by atoms with van der Waals surface area (Å²) in [6, 6.07) is 1.82. The molecular formula is C10H11BrN2O3. The average Bonchev–Trinajstić information content (AvgIpc) is 2.19. The summed E-state index contributed by atoms with van der Waals surface area (Å²) < 4.78 is 0.827. The molecule has 0 aromatic carbocycles. The van der Waals surface area contributed by atoms with E-state index in [1.54, 1.807) is 6.20 Å². The van der Waals surface area contributed by atoms with Crippen molar-refractivity contribution >= 4 is 33.6 Å². The summed E-state index contributed by atoms with van der Waals surface area (Å²) in [5, 5.41) is 11.0. The standard InChI is InChI=1S/C10H11BrN2O3/c1-6-4-7(11)5-12-10(6)13-8(14)2-3-9(15)16/h4-5H,2-3H2,1H3,(H,15,16)(H,12,13,14). The molecule has 1 rings (SSSR count). The second-order valence-corrected chi connectivity index (χ2v) is 4.18. The number of amides is 1. The van der Waals surface area contributed by atoms with Crippen LogP contribution in [0.25, 0.3) is 0 Å². The van der Waals surface area contributed by atoms with Crippen molar-refractivity contribution in [2.75, 3.05) is 5.32 Å². The van der Waals surface area contributed by atoms with E-state index in [0.29, 0.717) is 5.82 Å². The van der Waals surface area contributed by atoms with Crippen molar-refractivity contribution in [3.63, 3.8) is 0 Å². The molecular weight excluding hydrogens is 276 g/mol. The Labute approximate surface area is 101 Å². The fourth-order valence-corrected chi connectivity index (χ4v) is 1.53. The van der Waals surface area contributed by atoms with Crippen LogP contribution in [0.5, 0.6) is 0 Å². The minimum atomic E-state index is -0.990. The number of rotatable bonds is 4. The van der Waals surface area contributed by atoms with Gasteiger partial charge in [-0.3, -0.25) is 9.59 Å². The molecule has 0 unspecified atom stereocenters. The molecule has 0 fully saturated rings. The second-order valence-electron chi connectivity index (χ2n) is 3.26. The summed E-state index contributed by atoms with van der Waals surface area (Å²) in [5.41, 5.74) is 0.818. The lowest BCUT2D eigenvalue weighted by atomic mass is 10.2. The summed E-state index contributed by atoms with van der Waals surface area (Å²) in [6.07, 6.45) is 1.34. The molecule has 0 aliphatic rings. The van der Waals surface area contributed by atoms with E-state index >= 15 is 0 Å². The lowest BCUT2D eigenvalue weighted by molar-refractivity contribution is -0.138. The molecule has 0 saturated carbocycles. The molecule has 1 aromatic rings. The van der Waals surface area contributed by atoms with Gasteiger partial charge in [0.05, 0.1) is 6.42 Å². The number of aryl methyl sites for hydroxylation is 1. The summed E-state index contributed by atoms with van der Waals surface area (Å²) >= 11 is 3.26. The fourth-order valence-electron chi connectivity index (χ4n) is 1.09. The maximum atomic E-state index is 11.3. The van der Waals surface area contributed by atoms with Crippen LogP contribution >= 0.6 is 15.9 Å². The number of aliphatic carboxylic acids is 1. The van der Waals surface area contributed by atoms with Crippen LogP contribution in [0.3, 0.4) is 0 Å². The highest BCUT2D eigenvalue weighted by molar-refractivity contribution is 9.10. The Hall–Kier alpha value is -1.43. The van der Waals surface area contributed by atoms with Gasteiger partial charge in [-0.1, -0.05) is 0 Å². The van der Waals surface area contributed by atoms with Crippen molar-refractivity contribution in [1.29, 1.82) is 0 Å². The number of carbonyl (C=O) groups excluding carboxylic acids is 1. The van der Waals surface area contributed by atoms with Gasteiger partial charge in [-0.2, -0.15) is 0 Å². The molecule has 1 aromatic heterocycles. The van der Waals surface area contributed by atoms with Crippen LogP contribution in [0.4, 0.5) is 5.82 Å². The van der Waals surface area contributed by atoms with Crippen LogP contribution in [0.1, 0.15) is 18.4 Å². The number of hydrogen-bond donors (Lipinski definition) is 2. The number of carboxylic acids is 1. The number of nitrogens with one attached hydrogen (secondary N) is 1. The number of carbonyl (C=O) groups is 2. The average molecular weight is 287 g/mol. The first kappa shape index (κ1) is 12.6. The number of hydrogen-bond acceptors (Lipinski definition) is 3. The lowest BCUT2D eigenvalue weighted by Gasteiger charge is -2.06. The van der Waals surface area contributed by atoms with E-state index in [9.17, 15) is 9.59 Å². The van der Waals surface area contributed by atoms with Gasteiger partial charge in [0.15, 0.2) is 0 Å². The first-order chi connectivity index (χ1) is 7.49. The zero-order valence-corrected chi connectivity index (χ0v) is 10.2. The fraction of sp³-hybridized carbons (Fsp3) is 0.300. The SMILES string of the molecule is Cc1cc(Br)cnc1NC(=O)CCC(=O)O. The largest absolute Gasteiger partial charge is 0.481 e. The molecule has 6 heteroatoms. The predicted molar refractivity (Wildman–Crippen MR) is 62.2 cm³/mol. The van der Waals surface area contributed by atoms with Crippen molar-refractivity contribution in [3.05, 3.63) is 22.3 Å². The molecule has 1 amide bonds. The molecule has 0 atom stereocenters. The van der Waals surface area contributed by atoms with E-state index in [4.69, 9.17) is 5.11 Å². The van der Waals surface area contributed by atoms with Gasteiger partial charge in [-0.25, -0.2) is 4.98 Å². The third-order valence-corrected chi connectivity index (χ3v) is 2.30. The van der Waals surface area contributed by atoms with Crippen molar-refractivity contribution < 1.29 is 14.7 Å². The number of carboxylic acid groups (broad SMARTS) is 1. The third kappa shape index (κ3) is 3.98. The summed E-state index contributed by atoms with van der Waals surface area (Å²) in [6.45, 7) is 1.81. The summed E-state index contributed by atoms with van der Waals surface area (Å²) in [5.74, 6) is -0.880. The Bertz CT molecular complexity index is 421. The predicted octanol–water partition coefficient (Wildman–Crippen LogP) is 1.96. The maximum absolute atomic E-state index is 11.3. The quantitative estimate of drug-likeness (QED) is 0.887. The number of anilines is 1. The summed E-state index contributed by atoms with van der Waals surface area (Å²) in [4.78, 5) is 25.6. The van der Waals surface area contributed by atoms with Crippen LogP contribution in [0.15, 0.2) is 16.7 Å². The van der Waals surface area contributed by atoms with Gasteiger partial charge in [-0.05, 0) is 34.5 Å². The van der Waals surface area contributed by atoms with Gasteiger partial charge in [0.1, 0.15) is 5.82 Å². The van der Waals surface area contributed by atoms with E-state index < -0.39 is 5.97 Å². The molecule has 0 aliphatic heterocycles. The van der Waals surface area contributed by atoms with E-state index in [1.165, 1.54) is 0 Å². The molecule has 2 N–H and O–H groups in total. The van der Waals surface area contributed by atoms with Gasteiger partial charge >= 0.3 is 5.97 Å². The third-order valence-electron chi connectivity index (χ3n) is 1.87. The van der Waals surface area contributed by atoms with Crippen molar-refractivity contribution in [3.8, 4) is 0 Å². The van der Waals surface area contributed by atoms with Crippen molar-refractivity contribution in [2.24, 2.45) is 0 Å². The molecule has 1 heterocycles. The number of pyridine rings is 1. The normalized spacial score (nSPS) is 9.88. The first-order valence-electron chi connectivity index (χ1n) is 4.63. The minimum Gasteiger partial charge on any atom is -0.481 e. The van der Waals surface area contributed by atoms with Gasteiger partial charge < -0.3 is 10.4 Å². The Morgan fingerprint density at radius 3 is 2.75 bits per heavy atom. The Kier molecular flexibility index (Phi) is 4.42. The van der Waals surface area contributed by atoms with E-state index in [0.717, 1.165) is 10.0 Å². The smallest absolute Gasteiger partial charge is 0.303 e. The highest BCUT2D eigenvalue weighted by Gasteiger charge is 2.08. The first-order valence-corrected chi connectivity index (χ1v) is 5.42. The van der Waals surface area contributed by atoms with Crippen molar-refractivity contribution in [1.82, 2.24) is 4.98 Å². The second kappa shape index (κ2) is 5.60. The van der Waals surface area contributed by atoms with Gasteiger partial charge in [0.25, 0.3) is 0 Å². The number of nitrogens with zero attached hydrogens (tertiary/aromatic N) is 1. The van der Waals surface area contributed by atoms with E-state index in [-0.39, 0.29) is 18.7 Å². The Morgan fingerprint density at radius 2 is 2.19 bits per heavy atom. The lowest BCUT2D eigenvalue weighted by Crippen LogP contribution is -2.14. The minimum absolute atomic E-state index is 0.0491. The maximum Gasteiger partial charge on any atom is 0.303 e. The van der Waals surface area contributed by atoms with Crippen LogP contribution in [-0.2, 0) is 9.59 Å². The molecule has 86 valence electrons. The van der Waals surface area contributed by atoms with Crippen molar-refractivity contribution in [2.45, 2.75) is 19.8 Å². The molecule has 0 radical (unpaired) electrons. The van der Waals surface area contributed by atoms with Gasteiger partial charge in [0.2, 0.25) is 5.91 Å². The van der Waals surface area contributed by atoms with Gasteiger partial charge in [-0.15, -0.1) is 0 Å². The molecule has 0 spiro atoms. The highest BCUT2D eigenvalue weighted by atomic mass is 79.9. The zero-order valence-electron chi connectivity index (χ0n) is 8.66. The monoisotopic (exact) mass is 286 g/mol. The Balaban J connectivity index is 2.59. The van der Waals surface area contributed by atoms with Crippen LogP contribution in [0.2, 0.25) is 0 Å². The van der Waals surface area contributed by atoms with Crippen LogP contribution in [0, 0.1) is 6.92 Å². The highest BCUT2D eigenvalue weighted by Crippen LogP contribution is 2.16. The number of halogens is 1. The number of aromatic nitrogens is 1. The zero-order chi connectivity index (χ0) is 12.1. The van der Waals surface area contributed by atoms with Crippen LogP contribution < -0.4 is 5.32 Å². The van der Waals surface area contributed by atoms with E-state index in [2.05, 4.69) is 26.2 Å². The molecule has 5 nitrogen and oxygen atoms in total. The summed E-state index contributed by atoms with van der Waals surface area (Å²) in [7, 11) is 0. The van der Waals surface area contributed by atoms with E-state index in [1.807, 2.05) is 13.0 Å². The molecule has 0 bridgehead atoms. The molecule has 0 aliphatic carbocycles. The Morgan fingerprint density at radius 1 is 1.50 bits per heavy atom.